The minimum atomic E-state index is 0.511. The van der Waals surface area contributed by atoms with E-state index in [1.807, 2.05) is 0 Å². The van der Waals surface area contributed by atoms with Gasteiger partial charge in [-0.3, -0.25) is 4.90 Å². The maximum absolute atomic E-state index is 3.79. The predicted molar refractivity (Wildman–Crippen MR) is 82.4 cm³/mol. The molecule has 0 amide bonds. The minimum Gasteiger partial charge on any atom is -0.312 e. The van der Waals surface area contributed by atoms with Crippen LogP contribution in [0.2, 0.25) is 0 Å². The molecule has 1 aliphatic rings. The first-order valence-corrected chi connectivity index (χ1v) is 7.87. The zero-order valence-electron chi connectivity index (χ0n) is 12.4. The highest BCUT2D eigenvalue weighted by Gasteiger charge is 2.20. The Balaban J connectivity index is 2.01. The van der Waals surface area contributed by atoms with Crippen LogP contribution in [-0.2, 0) is 0 Å². The Hall–Kier alpha value is -0.860. The van der Waals surface area contributed by atoms with E-state index in [1.165, 1.54) is 31.2 Å². The molecule has 0 bridgehead atoms. The van der Waals surface area contributed by atoms with Gasteiger partial charge < -0.3 is 5.32 Å². The summed E-state index contributed by atoms with van der Waals surface area (Å²) >= 11 is 0. The Morgan fingerprint density at radius 1 is 1.11 bits per heavy atom. The van der Waals surface area contributed by atoms with Crippen LogP contribution < -0.4 is 5.32 Å². The monoisotopic (exact) mass is 260 g/mol. The van der Waals surface area contributed by atoms with E-state index >= 15 is 0 Å². The van der Waals surface area contributed by atoms with Crippen LogP contribution >= 0.6 is 0 Å². The van der Waals surface area contributed by atoms with E-state index in [4.69, 9.17) is 0 Å². The fraction of sp³-hybridized carbons (Fsp3) is 0.647. The Labute approximate surface area is 118 Å². The molecule has 1 aromatic rings. The van der Waals surface area contributed by atoms with Crippen LogP contribution in [0.5, 0.6) is 0 Å². The third kappa shape index (κ3) is 4.05. The van der Waals surface area contributed by atoms with Gasteiger partial charge in [-0.15, -0.1) is 0 Å². The van der Waals surface area contributed by atoms with Gasteiger partial charge in [0.25, 0.3) is 0 Å². The van der Waals surface area contributed by atoms with Crippen molar-refractivity contribution in [2.24, 2.45) is 0 Å². The summed E-state index contributed by atoms with van der Waals surface area (Å²) in [5.74, 6) is 0. The molecule has 19 heavy (non-hydrogen) atoms. The van der Waals surface area contributed by atoms with Crippen LogP contribution in [0.3, 0.4) is 0 Å². The van der Waals surface area contributed by atoms with Gasteiger partial charge in [-0.25, -0.2) is 0 Å². The number of likely N-dealkylation sites (N-methyl/N-ethyl adjacent to an activating group) is 1. The van der Waals surface area contributed by atoms with Crippen LogP contribution in [0.1, 0.15) is 51.1 Å². The molecule has 0 heterocycles. The third-order valence-electron chi connectivity index (χ3n) is 4.39. The first-order valence-electron chi connectivity index (χ1n) is 7.87. The van der Waals surface area contributed by atoms with E-state index in [9.17, 15) is 0 Å². The van der Waals surface area contributed by atoms with Crippen molar-refractivity contribution in [3.8, 4) is 0 Å². The molecule has 1 saturated carbocycles. The van der Waals surface area contributed by atoms with Crippen molar-refractivity contribution in [3.63, 3.8) is 0 Å². The number of benzene rings is 1. The lowest BCUT2D eigenvalue weighted by Crippen LogP contribution is -2.39. The van der Waals surface area contributed by atoms with Crippen molar-refractivity contribution in [1.29, 1.82) is 0 Å². The summed E-state index contributed by atoms with van der Waals surface area (Å²) in [6.45, 7) is 7.82. The SMILES string of the molecule is CCN(CC)C(CNC1CCCC1)c1ccccc1. The van der Waals surface area contributed by atoms with Gasteiger partial charge in [0.15, 0.2) is 0 Å². The second-order valence-corrected chi connectivity index (χ2v) is 5.54. The molecule has 0 aromatic heterocycles. The highest BCUT2D eigenvalue weighted by molar-refractivity contribution is 5.19. The topological polar surface area (TPSA) is 15.3 Å². The molecule has 1 atom stereocenters. The molecule has 0 radical (unpaired) electrons. The lowest BCUT2D eigenvalue weighted by Gasteiger charge is -2.31. The molecule has 1 aliphatic carbocycles. The molecule has 2 rings (SSSR count). The van der Waals surface area contributed by atoms with E-state index in [0.717, 1.165) is 25.7 Å². The van der Waals surface area contributed by atoms with Crippen molar-refractivity contribution in [2.75, 3.05) is 19.6 Å². The summed E-state index contributed by atoms with van der Waals surface area (Å²) in [5, 5.41) is 3.79. The summed E-state index contributed by atoms with van der Waals surface area (Å²) in [6.07, 6.45) is 5.53. The molecule has 106 valence electrons. The van der Waals surface area contributed by atoms with Gasteiger partial charge in [0.1, 0.15) is 0 Å². The molecular weight excluding hydrogens is 232 g/mol. The first kappa shape index (κ1) is 14.5. The number of rotatable bonds is 7. The highest BCUT2D eigenvalue weighted by atomic mass is 15.2. The zero-order chi connectivity index (χ0) is 13.5. The molecule has 2 nitrogen and oxygen atoms in total. The summed E-state index contributed by atoms with van der Waals surface area (Å²) < 4.78 is 0. The van der Waals surface area contributed by atoms with Gasteiger partial charge in [0, 0.05) is 18.6 Å². The standard InChI is InChI=1S/C17H28N2/c1-3-19(4-2)17(15-10-6-5-7-11-15)14-18-16-12-8-9-13-16/h5-7,10-11,16-18H,3-4,8-9,12-14H2,1-2H3. The molecule has 1 aromatic carbocycles. The van der Waals surface area contributed by atoms with Crippen molar-refractivity contribution < 1.29 is 0 Å². The number of nitrogens with zero attached hydrogens (tertiary/aromatic N) is 1. The van der Waals surface area contributed by atoms with E-state index in [1.54, 1.807) is 0 Å². The fourth-order valence-corrected chi connectivity index (χ4v) is 3.21. The van der Waals surface area contributed by atoms with Crippen molar-refractivity contribution >= 4 is 0 Å². The van der Waals surface area contributed by atoms with Crippen LogP contribution in [0.25, 0.3) is 0 Å². The smallest absolute Gasteiger partial charge is 0.0472 e. The summed E-state index contributed by atoms with van der Waals surface area (Å²) in [5.41, 5.74) is 1.44. The van der Waals surface area contributed by atoms with Crippen LogP contribution in [0, 0.1) is 0 Å². The lowest BCUT2D eigenvalue weighted by atomic mass is 10.0. The summed E-state index contributed by atoms with van der Waals surface area (Å²) in [7, 11) is 0. The fourth-order valence-electron chi connectivity index (χ4n) is 3.21. The maximum atomic E-state index is 3.79. The molecule has 0 saturated heterocycles. The average Bonchev–Trinajstić information content (AvgIpc) is 2.97. The number of hydrogen-bond acceptors (Lipinski definition) is 2. The lowest BCUT2D eigenvalue weighted by molar-refractivity contribution is 0.208. The average molecular weight is 260 g/mol. The Bertz CT molecular complexity index is 340. The van der Waals surface area contributed by atoms with Crippen molar-refractivity contribution in [3.05, 3.63) is 35.9 Å². The Kier molecular flexibility index (Phi) is 5.87. The first-order chi connectivity index (χ1) is 9.35. The van der Waals surface area contributed by atoms with Crippen LogP contribution in [0.15, 0.2) is 30.3 Å². The van der Waals surface area contributed by atoms with Crippen molar-refractivity contribution in [1.82, 2.24) is 10.2 Å². The molecule has 1 N–H and O–H groups in total. The van der Waals surface area contributed by atoms with E-state index in [-0.39, 0.29) is 0 Å². The van der Waals surface area contributed by atoms with Gasteiger partial charge >= 0.3 is 0 Å². The van der Waals surface area contributed by atoms with Gasteiger partial charge in [0.2, 0.25) is 0 Å². The van der Waals surface area contributed by atoms with E-state index in [2.05, 4.69) is 54.4 Å². The minimum absolute atomic E-state index is 0.511. The number of hydrogen-bond donors (Lipinski definition) is 1. The molecule has 0 spiro atoms. The van der Waals surface area contributed by atoms with Gasteiger partial charge in [0.05, 0.1) is 0 Å². The van der Waals surface area contributed by atoms with Gasteiger partial charge in [-0.1, -0.05) is 57.0 Å². The predicted octanol–water partition coefficient (Wildman–Crippen LogP) is 3.60. The summed E-state index contributed by atoms with van der Waals surface area (Å²) in [4.78, 5) is 2.55. The molecule has 0 aliphatic heterocycles. The van der Waals surface area contributed by atoms with E-state index < -0.39 is 0 Å². The van der Waals surface area contributed by atoms with Crippen molar-refractivity contribution in [2.45, 2.75) is 51.6 Å². The third-order valence-corrected chi connectivity index (χ3v) is 4.39. The quantitative estimate of drug-likeness (QED) is 0.806. The zero-order valence-corrected chi connectivity index (χ0v) is 12.4. The molecule has 1 fully saturated rings. The Morgan fingerprint density at radius 2 is 1.74 bits per heavy atom. The second-order valence-electron chi connectivity index (χ2n) is 5.54. The van der Waals surface area contributed by atoms with Crippen LogP contribution in [0.4, 0.5) is 0 Å². The molecular formula is C17H28N2. The van der Waals surface area contributed by atoms with Gasteiger partial charge in [-0.2, -0.15) is 0 Å². The number of nitrogens with one attached hydrogen (secondary N) is 1. The van der Waals surface area contributed by atoms with Crippen LogP contribution in [-0.4, -0.2) is 30.6 Å². The maximum Gasteiger partial charge on any atom is 0.0472 e. The molecule has 1 unspecified atom stereocenters. The van der Waals surface area contributed by atoms with E-state index in [0.29, 0.717) is 6.04 Å². The highest BCUT2D eigenvalue weighted by Crippen LogP contribution is 2.22. The second kappa shape index (κ2) is 7.66. The normalized spacial score (nSPS) is 18.1. The Morgan fingerprint density at radius 3 is 2.32 bits per heavy atom. The van der Waals surface area contributed by atoms with Gasteiger partial charge in [-0.05, 0) is 31.5 Å². The summed E-state index contributed by atoms with van der Waals surface area (Å²) in [6, 6.07) is 12.2. The largest absolute Gasteiger partial charge is 0.312 e. The molecule has 2 heteroatoms.